The monoisotopic (exact) mass is 191 g/mol. The van der Waals surface area contributed by atoms with Crippen LogP contribution in [0.1, 0.15) is 11.5 Å². The van der Waals surface area contributed by atoms with Crippen molar-refractivity contribution >= 4 is 12.4 Å². The number of halogens is 1. The molecule has 0 aliphatic heterocycles. The van der Waals surface area contributed by atoms with Gasteiger partial charge in [0.1, 0.15) is 5.82 Å². The van der Waals surface area contributed by atoms with Gasteiger partial charge in [0.25, 0.3) is 0 Å². The van der Waals surface area contributed by atoms with Crippen molar-refractivity contribution in [2.45, 2.75) is 19.4 Å². The van der Waals surface area contributed by atoms with E-state index < -0.39 is 0 Å². The van der Waals surface area contributed by atoms with E-state index in [2.05, 4.69) is 9.97 Å². The molecule has 1 aromatic heterocycles. The molecule has 4 nitrogen and oxygen atoms in total. The van der Waals surface area contributed by atoms with Crippen LogP contribution in [0, 0.1) is 6.92 Å². The molecule has 0 radical (unpaired) electrons. The number of aryl methyl sites for hydroxylation is 1. The number of H-pyrrole nitrogens is 1. The summed E-state index contributed by atoms with van der Waals surface area (Å²) in [6.07, 6.45) is 2.39. The fourth-order valence-corrected chi connectivity index (χ4v) is 0.922. The Kier molecular flexibility index (Phi) is 4.89. The summed E-state index contributed by atoms with van der Waals surface area (Å²) >= 11 is 0. The van der Waals surface area contributed by atoms with Crippen LogP contribution in [0.3, 0.4) is 0 Å². The van der Waals surface area contributed by atoms with Gasteiger partial charge in [0, 0.05) is 24.4 Å². The first kappa shape index (κ1) is 11.4. The van der Waals surface area contributed by atoms with Crippen LogP contribution in [-0.4, -0.2) is 27.7 Å². The Labute approximate surface area is 77.6 Å². The molecule has 0 spiro atoms. The van der Waals surface area contributed by atoms with Gasteiger partial charge < -0.3 is 15.8 Å². The molecule has 1 rings (SSSR count). The average Bonchev–Trinajstić information content (AvgIpc) is 2.35. The Morgan fingerprint density at radius 1 is 1.75 bits per heavy atom. The van der Waals surface area contributed by atoms with Crippen LogP contribution in [0.5, 0.6) is 0 Å². The lowest BCUT2D eigenvalue weighted by atomic mass is 10.2. The summed E-state index contributed by atoms with van der Waals surface area (Å²) in [5, 5.41) is 8.64. The van der Waals surface area contributed by atoms with Crippen LogP contribution in [-0.2, 0) is 6.42 Å². The normalized spacial score (nSPS) is 12.2. The van der Waals surface area contributed by atoms with Crippen LogP contribution in [0.4, 0.5) is 0 Å². The van der Waals surface area contributed by atoms with E-state index in [1.54, 1.807) is 6.20 Å². The molecule has 0 aliphatic rings. The number of aromatic amines is 1. The molecule has 0 bridgehead atoms. The first-order chi connectivity index (χ1) is 5.22. The number of hydrogen-bond acceptors (Lipinski definition) is 3. The van der Waals surface area contributed by atoms with Crippen LogP contribution in [0.2, 0.25) is 0 Å². The second-order valence-corrected chi connectivity index (χ2v) is 2.64. The van der Waals surface area contributed by atoms with Crippen LogP contribution in [0.25, 0.3) is 0 Å². The maximum Gasteiger partial charge on any atom is 0.103 e. The molecule has 1 atom stereocenters. The number of aromatic nitrogens is 2. The minimum absolute atomic E-state index is 0. The van der Waals surface area contributed by atoms with Crippen LogP contribution < -0.4 is 5.73 Å². The fraction of sp³-hybridized carbons (Fsp3) is 0.571. The third-order valence-electron chi connectivity index (χ3n) is 1.47. The molecule has 5 heteroatoms. The summed E-state index contributed by atoms with van der Waals surface area (Å²) in [4.78, 5) is 7.05. The number of imidazole rings is 1. The number of aliphatic hydroxyl groups is 1. The van der Waals surface area contributed by atoms with Gasteiger partial charge in [-0.05, 0) is 6.92 Å². The molecule has 4 N–H and O–H groups in total. The molecule has 0 aromatic carbocycles. The molecule has 0 saturated carbocycles. The van der Waals surface area contributed by atoms with E-state index >= 15 is 0 Å². The van der Waals surface area contributed by atoms with Gasteiger partial charge in [0.15, 0.2) is 0 Å². The minimum atomic E-state index is -0.185. The van der Waals surface area contributed by atoms with E-state index in [0.29, 0.717) is 6.42 Å². The van der Waals surface area contributed by atoms with E-state index in [-0.39, 0.29) is 25.1 Å². The highest BCUT2D eigenvalue weighted by Crippen LogP contribution is 1.98. The van der Waals surface area contributed by atoms with Gasteiger partial charge in [-0.3, -0.25) is 0 Å². The summed E-state index contributed by atoms with van der Waals surface area (Å²) in [5.74, 6) is 0.880. The zero-order valence-corrected chi connectivity index (χ0v) is 7.77. The Morgan fingerprint density at radius 2 is 2.42 bits per heavy atom. The second kappa shape index (κ2) is 5.13. The maximum absolute atomic E-state index is 8.64. The number of nitrogens with zero attached hydrogens (tertiary/aromatic N) is 1. The zero-order valence-electron chi connectivity index (χ0n) is 6.95. The number of rotatable bonds is 3. The van der Waals surface area contributed by atoms with Gasteiger partial charge in [-0.1, -0.05) is 0 Å². The largest absolute Gasteiger partial charge is 0.395 e. The Hall–Kier alpha value is -0.580. The number of aliphatic hydroxyl groups excluding tert-OH is 1. The van der Waals surface area contributed by atoms with E-state index in [1.165, 1.54) is 0 Å². The Morgan fingerprint density at radius 3 is 2.83 bits per heavy atom. The quantitative estimate of drug-likeness (QED) is 0.630. The second-order valence-electron chi connectivity index (χ2n) is 2.64. The van der Waals surface area contributed by atoms with Crippen molar-refractivity contribution < 1.29 is 5.11 Å². The predicted molar refractivity (Wildman–Crippen MR) is 49.3 cm³/mol. The zero-order chi connectivity index (χ0) is 8.27. The van der Waals surface area contributed by atoms with Gasteiger partial charge in [0.2, 0.25) is 0 Å². The smallest absolute Gasteiger partial charge is 0.103 e. The molecular weight excluding hydrogens is 178 g/mol. The summed E-state index contributed by atoms with van der Waals surface area (Å²) in [6, 6.07) is -0.185. The lowest BCUT2D eigenvalue weighted by molar-refractivity contribution is 0.264. The Bertz CT molecular complexity index is 226. The molecule has 12 heavy (non-hydrogen) atoms. The first-order valence-electron chi connectivity index (χ1n) is 3.59. The lowest BCUT2D eigenvalue weighted by Gasteiger charge is -2.04. The molecule has 0 saturated heterocycles. The van der Waals surface area contributed by atoms with E-state index in [4.69, 9.17) is 10.8 Å². The van der Waals surface area contributed by atoms with Crippen molar-refractivity contribution in [3.63, 3.8) is 0 Å². The van der Waals surface area contributed by atoms with Crippen molar-refractivity contribution in [2.75, 3.05) is 6.61 Å². The van der Waals surface area contributed by atoms with Crippen LogP contribution in [0.15, 0.2) is 6.20 Å². The fourth-order valence-electron chi connectivity index (χ4n) is 0.922. The summed E-state index contributed by atoms with van der Waals surface area (Å²) in [5.41, 5.74) is 6.49. The first-order valence-corrected chi connectivity index (χ1v) is 3.59. The van der Waals surface area contributed by atoms with E-state index in [1.807, 2.05) is 6.92 Å². The van der Waals surface area contributed by atoms with Gasteiger partial charge in [0.05, 0.1) is 6.61 Å². The summed E-state index contributed by atoms with van der Waals surface area (Å²) in [6.45, 7) is 1.89. The van der Waals surface area contributed by atoms with Gasteiger partial charge in [-0.2, -0.15) is 0 Å². The Balaban J connectivity index is 0.00000121. The summed E-state index contributed by atoms with van der Waals surface area (Å²) < 4.78 is 0. The molecule has 0 fully saturated rings. The molecule has 0 aliphatic carbocycles. The summed E-state index contributed by atoms with van der Waals surface area (Å²) in [7, 11) is 0. The molecular formula is C7H14ClN3O. The van der Waals surface area contributed by atoms with Crippen molar-refractivity contribution in [2.24, 2.45) is 5.73 Å². The highest BCUT2D eigenvalue weighted by atomic mass is 35.5. The van der Waals surface area contributed by atoms with E-state index in [9.17, 15) is 0 Å². The lowest BCUT2D eigenvalue weighted by Crippen LogP contribution is -2.26. The molecule has 1 heterocycles. The highest BCUT2D eigenvalue weighted by molar-refractivity contribution is 5.85. The van der Waals surface area contributed by atoms with Gasteiger partial charge in [-0.15, -0.1) is 12.4 Å². The number of hydrogen-bond donors (Lipinski definition) is 3. The van der Waals surface area contributed by atoms with Crippen molar-refractivity contribution in [3.8, 4) is 0 Å². The molecule has 0 amide bonds. The molecule has 70 valence electrons. The maximum atomic E-state index is 8.64. The standard InChI is InChI=1S/C7H13N3O.ClH/c1-5-9-3-7(10-5)2-6(8)4-11;/h3,6,11H,2,4,8H2,1H3,(H,9,10);1H. The van der Waals surface area contributed by atoms with Gasteiger partial charge >= 0.3 is 0 Å². The van der Waals surface area contributed by atoms with Crippen molar-refractivity contribution in [1.29, 1.82) is 0 Å². The molecule has 1 unspecified atom stereocenters. The highest BCUT2D eigenvalue weighted by Gasteiger charge is 2.03. The molecule has 1 aromatic rings. The third kappa shape index (κ3) is 3.21. The number of nitrogens with two attached hydrogens (primary N) is 1. The minimum Gasteiger partial charge on any atom is -0.395 e. The van der Waals surface area contributed by atoms with Crippen molar-refractivity contribution in [1.82, 2.24) is 9.97 Å². The van der Waals surface area contributed by atoms with Crippen molar-refractivity contribution in [3.05, 3.63) is 17.7 Å². The van der Waals surface area contributed by atoms with E-state index in [0.717, 1.165) is 11.5 Å². The third-order valence-corrected chi connectivity index (χ3v) is 1.47. The van der Waals surface area contributed by atoms with Gasteiger partial charge in [-0.25, -0.2) is 4.98 Å². The average molecular weight is 192 g/mol. The SMILES string of the molecule is Cc1ncc(CC(N)CO)[nH]1.Cl. The topological polar surface area (TPSA) is 74.9 Å². The predicted octanol–water partition coefficient (Wildman–Crippen LogP) is 0.00202. The van der Waals surface area contributed by atoms with Crippen LogP contribution >= 0.6 is 12.4 Å². The number of nitrogens with one attached hydrogen (secondary N) is 1.